The number of fused-ring (bicyclic) bond motifs is 1. The number of unbranched alkanes of at least 4 members (excludes halogenated alkanes) is 2. The number of ether oxygens (including phenoxy) is 1. The SMILES string of the molecule is CC1(c2ccc(O)cc2)COc2cc(O)ccc2C1CCCCC[N+](C)(O)CCCS(=O)CC(F)(F)C(F)(F)F. The van der Waals surface area contributed by atoms with Crippen LogP contribution in [0.3, 0.4) is 0 Å². The Morgan fingerprint density at radius 1 is 0.975 bits per heavy atom. The van der Waals surface area contributed by atoms with Crippen molar-refractivity contribution in [2.45, 2.75) is 62.5 Å². The molecule has 2 aromatic rings. The number of nitrogens with zero attached hydrogens (tertiary/aromatic N) is 1. The van der Waals surface area contributed by atoms with E-state index in [-0.39, 0.29) is 36.1 Å². The van der Waals surface area contributed by atoms with Crippen LogP contribution in [0, 0.1) is 0 Å². The van der Waals surface area contributed by atoms with E-state index in [1.807, 2.05) is 18.2 Å². The minimum Gasteiger partial charge on any atom is -0.508 e. The number of halogens is 5. The maximum Gasteiger partial charge on any atom is 0.454 e. The van der Waals surface area contributed by atoms with E-state index < -0.39 is 38.7 Å². The normalized spacial score (nSPS) is 21.8. The molecule has 0 fully saturated rings. The highest BCUT2D eigenvalue weighted by Crippen LogP contribution is 2.49. The van der Waals surface area contributed by atoms with Crippen LogP contribution in [0.25, 0.3) is 0 Å². The topological polar surface area (TPSA) is 87.0 Å². The van der Waals surface area contributed by atoms with Gasteiger partial charge in [-0.15, -0.1) is 0 Å². The Hall–Kier alpha value is -2.44. The summed E-state index contributed by atoms with van der Waals surface area (Å²) < 4.78 is 80.4. The van der Waals surface area contributed by atoms with Crippen LogP contribution in [-0.4, -0.2) is 74.6 Å². The third kappa shape index (κ3) is 8.07. The summed E-state index contributed by atoms with van der Waals surface area (Å²) in [6.45, 7) is 2.93. The predicted molar refractivity (Wildman–Crippen MR) is 141 cm³/mol. The summed E-state index contributed by atoms with van der Waals surface area (Å²) in [5.41, 5.74) is 1.60. The molecule has 12 heteroatoms. The maximum absolute atomic E-state index is 13.1. The van der Waals surface area contributed by atoms with Crippen molar-refractivity contribution in [3.63, 3.8) is 0 Å². The minimum atomic E-state index is -5.74. The lowest BCUT2D eigenvalue weighted by molar-refractivity contribution is -1.09. The molecule has 1 aliphatic heterocycles. The molecule has 3 N–H and O–H groups in total. The van der Waals surface area contributed by atoms with Gasteiger partial charge in [-0.1, -0.05) is 31.5 Å². The van der Waals surface area contributed by atoms with Crippen molar-refractivity contribution in [1.29, 1.82) is 0 Å². The molecule has 0 aliphatic carbocycles. The molecule has 0 bridgehead atoms. The maximum atomic E-state index is 13.1. The fraction of sp³-hybridized carbons (Fsp3) is 0.571. The molecule has 6 nitrogen and oxygen atoms in total. The molecule has 224 valence electrons. The second kappa shape index (κ2) is 12.6. The van der Waals surface area contributed by atoms with Crippen LogP contribution in [0.15, 0.2) is 42.5 Å². The summed E-state index contributed by atoms with van der Waals surface area (Å²) in [4.78, 5) is 0. The van der Waals surface area contributed by atoms with E-state index in [2.05, 4.69) is 6.92 Å². The molecule has 1 aliphatic rings. The largest absolute Gasteiger partial charge is 0.508 e. The summed E-state index contributed by atoms with van der Waals surface area (Å²) in [7, 11) is -0.834. The molecule has 0 radical (unpaired) electrons. The second-order valence-electron chi connectivity index (χ2n) is 11.0. The van der Waals surface area contributed by atoms with Crippen molar-refractivity contribution >= 4 is 10.8 Å². The minimum absolute atomic E-state index is 0.0459. The molecule has 4 unspecified atom stereocenters. The van der Waals surface area contributed by atoms with E-state index in [0.29, 0.717) is 25.3 Å². The highest BCUT2D eigenvalue weighted by molar-refractivity contribution is 7.85. The third-order valence-electron chi connectivity index (χ3n) is 7.60. The van der Waals surface area contributed by atoms with Crippen LogP contribution in [0.1, 0.15) is 56.1 Å². The number of benzene rings is 2. The van der Waals surface area contributed by atoms with Gasteiger partial charge in [0.25, 0.3) is 0 Å². The fourth-order valence-electron chi connectivity index (χ4n) is 5.22. The Morgan fingerprint density at radius 2 is 1.60 bits per heavy atom. The summed E-state index contributed by atoms with van der Waals surface area (Å²) in [5, 5.41) is 30.3. The van der Waals surface area contributed by atoms with Gasteiger partial charge >= 0.3 is 12.1 Å². The molecular weight excluding hydrogens is 557 g/mol. The Bertz CT molecular complexity index is 1160. The lowest BCUT2D eigenvalue weighted by Crippen LogP contribution is -2.43. The number of aromatic hydroxyl groups is 2. The van der Waals surface area contributed by atoms with E-state index in [1.54, 1.807) is 24.3 Å². The summed E-state index contributed by atoms with van der Waals surface area (Å²) in [5.74, 6) is -6.16. The summed E-state index contributed by atoms with van der Waals surface area (Å²) >= 11 is 0. The first-order valence-corrected chi connectivity index (χ1v) is 14.6. The van der Waals surface area contributed by atoms with Crippen LogP contribution in [0.5, 0.6) is 17.2 Å². The number of quaternary nitrogens is 1. The molecule has 0 saturated heterocycles. The lowest BCUT2D eigenvalue weighted by Gasteiger charge is -2.43. The Balaban J connectivity index is 1.52. The van der Waals surface area contributed by atoms with Crippen LogP contribution < -0.4 is 4.74 Å². The van der Waals surface area contributed by atoms with Crippen molar-refractivity contribution in [3.05, 3.63) is 53.6 Å². The van der Waals surface area contributed by atoms with Crippen molar-refractivity contribution < 1.29 is 51.0 Å². The number of hydrogen-bond acceptors (Lipinski definition) is 5. The van der Waals surface area contributed by atoms with E-state index in [4.69, 9.17) is 4.74 Å². The molecular formula is C28H37F5NO5S+. The van der Waals surface area contributed by atoms with Crippen LogP contribution >= 0.6 is 0 Å². The van der Waals surface area contributed by atoms with Gasteiger partial charge in [0.1, 0.15) is 30.3 Å². The molecule has 0 aromatic heterocycles. The van der Waals surface area contributed by atoms with Gasteiger partial charge in [0.05, 0.1) is 19.4 Å². The van der Waals surface area contributed by atoms with Crippen LogP contribution in [0.4, 0.5) is 22.0 Å². The number of alkyl halides is 5. The molecule has 2 aromatic carbocycles. The van der Waals surface area contributed by atoms with Gasteiger partial charge in [-0.05, 0) is 48.6 Å². The Morgan fingerprint density at radius 3 is 2.25 bits per heavy atom. The van der Waals surface area contributed by atoms with E-state index in [9.17, 15) is 41.6 Å². The van der Waals surface area contributed by atoms with Crippen molar-refractivity contribution in [1.82, 2.24) is 0 Å². The number of hydroxylamine groups is 3. The highest BCUT2D eigenvalue weighted by Gasteiger charge is 2.58. The van der Waals surface area contributed by atoms with Gasteiger partial charge in [-0.2, -0.15) is 26.6 Å². The first-order chi connectivity index (χ1) is 18.5. The summed E-state index contributed by atoms with van der Waals surface area (Å²) in [6, 6.07) is 12.1. The van der Waals surface area contributed by atoms with Crippen molar-refractivity contribution in [2.75, 3.05) is 38.2 Å². The molecule has 40 heavy (non-hydrogen) atoms. The molecule has 4 atom stereocenters. The predicted octanol–water partition coefficient (Wildman–Crippen LogP) is 6.26. The zero-order chi connectivity index (χ0) is 29.8. The standard InChI is InChI=1S/C28H36F5NO5S/c1-26(20-8-10-21(35)11-9-20)18-39-25-17-22(36)12-13-23(25)24(26)7-4-3-5-14-34(2,37)15-6-16-40(38)19-27(29,30)28(31,32)33/h8-13,17,24,37H,3-7,14-16,18-19H2,1-2H3,(H-,35,36)/p+1. The van der Waals surface area contributed by atoms with Crippen molar-refractivity contribution in [3.8, 4) is 17.2 Å². The van der Waals surface area contributed by atoms with Gasteiger partial charge < -0.3 is 14.9 Å². The lowest BCUT2D eigenvalue weighted by atomic mass is 9.66. The quantitative estimate of drug-likeness (QED) is 0.110. The molecule has 0 amide bonds. The average molecular weight is 595 g/mol. The first kappa shape index (κ1) is 32.1. The zero-order valence-electron chi connectivity index (χ0n) is 22.6. The molecule has 1 heterocycles. The highest BCUT2D eigenvalue weighted by atomic mass is 32.2. The monoisotopic (exact) mass is 594 g/mol. The van der Waals surface area contributed by atoms with Gasteiger partial charge in [0.15, 0.2) is 0 Å². The first-order valence-electron chi connectivity index (χ1n) is 13.2. The number of phenolic OH excluding ortho intramolecular Hbond substituents is 2. The average Bonchev–Trinajstić information content (AvgIpc) is 2.84. The molecule has 0 spiro atoms. The van der Waals surface area contributed by atoms with Crippen LogP contribution in [-0.2, 0) is 16.2 Å². The number of hydrogen-bond donors (Lipinski definition) is 3. The molecule has 3 rings (SSSR count). The third-order valence-corrected chi connectivity index (χ3v) is 9.03. The number of rotatable bonds is 13. The smallest absolute Gasteiger partial charge is 0.454 e. The van der Waals surface area contributed by atoms with Crippen LogP contribution in [0.2, 0.25) is 0 Å². The van der Waals surface area contributed by atoms with E-state index >= 15 is 0 Å². The van der Waals surface area contributed by atoms with Gasteiger partial charge in [0, 0.05) is 40.4 Å². The fourth-order valence-corrected chi connectivity index (χ4v) is 6.38. The van der Waals surface area contributed by atoms with E-state index in [1.165, 1.54) is 7.05 Å². The Labute approximate surface area is 233 Å². The number of phenols is 2. The second-order valence-corrected chi connectivity index (χ2v) is 12.6. The van der Waals surface area contributed by atoms with E-state index in [0.717, 1.165) is 30.4 Å². The van der Waals surface area contributed by atoms with Gasteiger partial charge in [-0.3, -0.25) is 4.21 Å². The zero-order valence-corrected chi connectivity index (χ0v) is 23.4. The van der Waals surface area contributed by atoms with Crippen molar-refractivity contribution in [2.24, 2.45) is 0 Å². The van der Waals surface area contributed by atoms with Gasteiger partial charge in [-0.25, -0.2) is 5.21 Å². The summed E-state index contributed by atoms with van der Waals surface area (Å²) in [6.07, 6.45) is -2.67. The molecule has 0 saturated carbocycles. The van der Waals surface area contributed by atoms with Gasteiger partial charge in [0.2, 0.25) is 0 Å². The Kier molecular flexibility index (Phi) is 10.1.